The lowest BCUT2D eigenvalue weighted by Crippen LogP contribution is -2.55. The molecule has 1 saturated heterocycles. The number of carboxylic acids is 2. The third kappa shape index (κ3) is 31.9. The van der Waals surface area contributed by atoms with Gasteiger partial charge in [0.25, 0.3) is 5.91 Å². The Morgan fingerprint density at radius 2 is 1.33 bits per heavy atom. The van der Waals surface area contributed by atoms with Crippen LogP contribution in [0.2, 0.25) is 0 Å². The van der Waals surface area contributed by atoms with E-state index >= 15 is 0 Å². The number of benzene rings is 2. The van der Waals surface area contributed by atoms with E-state index in [1.165, 1.54) is 43.6 Å². The molecule has 3 rings (SSSR count). The zero-order valence-corrected chi connectivity index (χ0v) is 68.6. The number of rotatable bonds is 49. The lowest BCUT2D eigenvalue weighted by atomic mass is 9.83. The number of urea groups is 1. The number of carboxylic acid groups (broad SMARTS) is 2. The van der Waals surface area contributed by atoms with Crippen molar-refractivity contribution in [3.05, 3.63) is 87.7 Å². The number of aliphatic hydroxyl groups is 1. The van der Waals surface area contributed by atoms with Crippen LogP contribution in [0.1, 0.15) is 158 Å². The lowest BCUT2D eigenvalue weighted by Gasteiger charge is -2.41. The van der Waals surface area contributed by atoms with Crippen molar-refractivity contribution in [1.82, 2.24) is 46.2 Å². The van der Waals surface area contributed by atoms with Gasteiger partial charge in [-0.3, -0.25) is 47.9 Å². The van der Waals surface area contributed by atoms with Crippen molar-refractivity contribution in [3.8, 4) is 0 Å². The van der Waals surface area contributed by atoms with E-state index in [1.807, 2.05) is 45.9 Å². The fourth-order valence-electron chi connectivity index (χ4n) is 13.5. The molecule has 2 aromatic rings. The van der Waals surface area contributed by atoms with Crippen LogP contribution in [0.15, 0.2) is 76.6 Å². The van der Waals surface area contributed by atoms with Gasteiger partial charge in [0, 0.05) is 123 Å². The summed E-state index contributed by atoms with van der Waals surface area (Å²) in [5.41, 5.74) is 6.75. The van der Waals surface area contributed by atoms with Crippen molar-refractivity contribution in [1.29, 1.82) is 0 Å². The van der Waals surface area contributed by atoms with Gasteiger partial charge in [-0.2, -0.15) is 0 Å². The van der Waals surface area contributed by atoms with E-state index in [1.54, 1.807) is 94.8 Å². The second-order valence-corrected chi connectivity index (χ2v) is 30.6. The number of nitrogens with one attached hydrogen (secondary N) is 6. The van der Waals surface area contributed by atoms with Crippen LogP contribution in [0.5, 0.6) is 0 Å². The summed E-state index contributed by atoms with van der Waals surface area (Å²) < 4.78 is 17.8. The van der Waals surface area contributed by atoms with Gasteiger partial charge in [-0.15, -0.1) is 23.5 Å². The number of amides is 11. The van der Waals surface area contributed by atoms with E-state index in [0.717, 1.165) is 35.7 Å². The molecule has 0 aromatic heterocycles. The number of Topliss-reactive ketones (excluding diaryl/α,β-unsaturated/α-hetero) is 2. The SMILES string of the molecule is C.CC[C@H](C)[C@@H]([C@@H](CC(=O)N1CCC[C@H]1[C@H](OC)[C@@H](C)C(=O)N[C@H](C)[C@@H](O)c1ccccc1)OC)N(C)C(=O)[C@@H](CC(=O)[C@H](C(C)C)N(C)C(=O)OCc1ccc(NC(=O)[C@H](CCCNC(N)=O)CC(=O)[C@@H](NC(=O)CCC(=O)N(CCNC(=O)/C=C(/SC)C(=O)O)CCNC(=O)/C(=C\C(=O)O)SC)C(C)C)cc1)C(C)C. The predicted molar refractivity (Wildman–Crippen MR) is 428 cm³/mol. The molecule has 11 N–H and O–H groups in total. The van der Waals surface area contributed by atoms with Gasteiger partial charge in [0.1, 0.15) is 6.61 Å². The summed E-state index contributed by atoms with van der Waals surface area (Å²) in [7, 11) is 6.11. The van der Waals surface area contributed by atoms with Crippen molar-refractivity contribution in [2.45, 2.75) is 196 Å². The smallest absolute Gasteiger partial charge is 0.410 e. The molecule has 12 atom stereocenters. The zero-order valence-electron chi connectivity index (χ0n) is 67.0. The predicted octanol–water partition coefficient (Wildman–Crippen LogP) is 6.91. The molecule has 0 unspecified atom stereocenters. The van der Waals surface area contributed by atoms with Crippen LogP contribution in [0.25, 0.3) is 0 Å². The minimum absolute atomic E-state index is 0. The molecule has 0 bridgehead atoms. The highest BCUT2D eigenvalue weighted by Gasteiger charge is 2.44. The summed E-state index contributed by atoms with van der Waals surface area (Å²) in [5.74, 6) is -11.8. The third-order valence-corrected chi connectivity index (χ3v) is 21.3. The van der Waals surface area contributed by atoms with Crippen molar-refractivity contribution in [2.75, 3.05) is 85.4 Å². The topological polar surface area (TPSA) is 439 Å². The van der Waals surface area contributed by atoms with E-state index in [9.17, 15) is 77.3 Å². The molecule has 31 nitrogen and oxygen atoms in total. The number of hydrogen-bond acceptors (Lipinski definition) is 20. The van der Waals surface area contributed by atoms with Crippen LogP contribution >= 0.6 is 23.5 Å². The summed E-state index contributed by atoms with van der Waals surface area (Å²) in [6, 6.07) is 10.7. The normalized spacial score (nSPS) is 15.9. The molecule has 33 heteroatoms. The first kappa shape index (κ1) is 99.2. The number of primary amides is 1. The van der Waals surface area contributed by atoms with Gasteiger partial charge in [-0.05, 0) is 92.0 Å². The van der Waals surface area contributed by atoms with E-state index in [4.69, 9.17) is 25.1 Å². The molecular weight excluding hydrogens is 1490 g/mol. The molecule has 1 aliphatic heterocycles. The van der Waals surface area contributed by atoms with E-state index in [2.05, 4.69) is 31.9 Å². The Bertz CT molecular complexity index is 3530. The highest BCUT2D eigenvalue weighted by Crippen LogP contribution is 2.32. The third-order valence-electron chi connectivity index (χ3n) is 19.9. The molecule has 626 valence electrons. The summed E-state index contributed by atoms with van der Waals surface area (Å²) in [5, 5.41) is 45.4. The summed E-state index contributed by atoms with van der Waals surface area (Å²) in [6.07, 6.45) is 2.00. The van der Waals surface area contributed by atoms with Gasteiger partial charge in [0.15, 0.2) is 11.6 Å². The number of aliphatic hydroxyl groups excluding tert-OH is 1. The average Bonchev–Trinajstić information content (AvgIpc) is 1.22. The molecule has 0 saturated carbocycles. The number of likely N-dealkylation sites (tertiary alicyclic amines) is 1. The standard InChI is InChI=1S/C78H119N11O20S2.CH4/c1-17-48(8)69(59(107-13)41-65(95)89-36-22-26-56(89)71(108-14)49(9)72(99)83-50(10)70(98)52-23-19-18-20-24-52)86(11)75(102)55(45(2)3)40-58(91)68(47(6)7)87(12)78(106)109-44-51-27-29-54(30-28-51)84-73(100)53(25-21-33-82-77(79)105)39-57(90)67(46(4)5)85-62(92)31-32-64(94)88(37-34-80-63(93)42-61(111-16)76(103)104)38-35-81-74(101)60(110-15)43-66(96)97;/h18-20,23-24,27-30,42-43,45-50,53,55-56,59,67-71,98H,17,21-22,25-26,31-41,44H2,1-16H3,(H,80,93)(H,81,101)(H,83,99)(H,84,100)(H,85,92)(H,96,97)(H,103,104)(H3,79,82,105);1H4/b60-43+,61-42+;/t48-,49+,50+,53+,55-,56-,59+,67-,68-,69-,70+,71+;/m0./s1. The highest BCUT2D eigenvalue weighted by atomic mass is 32.2. The number of methoxy groups -OCH3 is 2. The first-order valence-electron chi connectivity index (χ1n) is 37.5. The number of thioether (sulfide) groups is 2. The second-order valence-electron chi connectivity index (χ2n) is 28.9. The number of ether oxygens (including phenoxy) is 3. The van der Waals surface area contributed by atoms with Crippen LogP contribution < -0.4 is 37.6 Å². The maximum Gasteiger partial charge on any atom is 0.410 e. The lowest BCUT2D eigenvalue weighted by molar-refractivity contribution is -0.149. The number of nitrogens with zero attached hydrogens (tertiary/aromatic N) is 4. The highest BCUT2D eigenvalue weighted by molar-refractivity contribution is 8.03. The molecule has 1 aliphatic rings. The number of carbonyl (C=O) groups is 14. The number of aliphatic carboxylic acids is 2. The Morgan fingerprint density at radius 1 is 0.705 bits per heavy atom. The zero-order chi connectivity index (χ0) is 83.5. The minimum Gasteiger partial charge on any atom is -0.478 e. The molecule has 11 amide bonds. The number of carbonyl (C=O) groups excluding carboxylic acids is 12. The average molecular weight is 1610 g/mol. The van der Waals surface area contributed by atoms with Gasteiger partial charge < -0.3 is 86.8 Å². The van der Waals surface area contributed by atoms with Crippen LogP contribution in [-0.2, 0) is 78.4 Å². The van der Waals surface area contributed by atoms with Gasteiger partial charge in [-0.25, -0.2) is 19.2 Å². The number of ketones is 2. The second kappa shape index (κ2) is 50.2. The Hall–Kier alpha value is -8.92. The largest absolute Gasteiger partial charge is 0.478 e. The van der Waals surface area contributed by atoms with Crippen molar-refractivity contribution < 1.29 is 96.7 Å². The van der Waals surface area contributed by atoms with E-state index < -0.39 is 150 Å². The molecule has 112 heavy (non-hydrogen) atoms. The Morgan fingerprint density at radius 3 is 1.88 bits per heavy atom. The molecule has 2 aromatic carbocycles. The Kier molecular flexibility index (Phi) is 44.5. The van der Waals surface area contributed by atoms with Gasteiger partial charge >= 0.3 is 24.1 Å². The minimum atomic E-state index is -1.35. The fourth-order valence-corrected chi connectivity index (χ4v) is 14.4. The van der Waals surface area contributed by atoms with Crippen molar-refractivity contribution >= 4 is 112 Å². The maximum atomic E-state index is 14.9. The quantitative estimate of drug-likeness (QED) is 0.0237. The maximum absolute atomic E-state index is 14.9. The first-order valence-corrected chi connectivity index (χ1v) is 40.0. The number of likely N-dealkylation sites (N-methyl/N-ethyl adjacent to an activating group) is 2. The molecule has 0 spiro atoms. The van der Waals surface area contributed by atoms with E-state index in [0.29, 0.717) is 42.6 Å². The monoisotopic (exact) mass is 1610 g/mol. The Balaban J connectivity index is 0.0000426. The molecule has 1 heterocycles. The molecule has 1 fully saturated rings. The molecule has 0 radical (unpaired) electrons. The van der Waals surface area contributed by atoms with Crippen molar-refractivity contribution in [3.63, 3.8) is 0 Å². The van der Waals surface area contributed by atoms with Crippen LogP contribution in [0, 0.1) is 41.4 Å². The number of hydrogen-bond donors (Lipinski definition) is 10. The number of nitrogens with two attached hydrogens (primary N) is 1. The number of anilines is 1. The van der Waals surface area contributed by atoms with Gasteiger partial charge in [0.05, 0.1) is 70.7 Å². The first-order chi connectivity index (χ1) is 52.4. The fraction of sp³-hybridized carbons (Fsp3) is 0.620. The molecule has 0 aliphatic carbocycles. The summed E-state index contributed by atoms with van der Waals surface area (Å²) in [4.78, 5) is 192. The van der Waals surface area contributed by atoms with Crippen LogP contribution in [0.4, 0.5) is 15.3 Å². The van der Waals surface area contributed by atoms with Gasteiger partial charge in [-0.1, -0.05) is 119 Å². The Labute approximate surface area is 667 Å². The van der Waals surface area contributed by atoms with Crippen LogP contribution in [-0.4, -0.2) is 240 Å². The van der Waals surface area contributed by atoms with Crippen LogP contribution in [0.3, 0.4) is 0 Å². The van der Waals surface area contributed by atoms with Crippen molar-refractivity contribution in [2.24, 2.45) is 47.2 Å². The summed E-state index contributed by atoms with van der Waals surface area (Å²) in [6.45, 7) is 17.6. The summed E-state index contributed by atoms with van der Waals surface area (Å²) >= 11 is 1.72. The molecular formula is C79H123N11O20S2. The van der Waals surface area contributed by atoms with E-state index in [-0.39, 0.29) is 124 Å². The van der Waals surface area contributed by atoms with Gasteiger partial charge in [0.2, 0.25) is 41.4 Å².